The van der Waals surface area contributed by atoms with Crippen LogP contribution in [0.25, 0.3) is 0 Å². The van der Waals surface area contributed by atoms with Gasteiger partial charge in [0.05, 0.1) is 6.67 Å². The van der Waals surface area contributed by atoms with Crippen molar-refractivity contribution in [3.8, 4) is 0 Å². The van der Waals surface area contributed by atoms with Gasteiger partial charge in [0.2, 0.25) is 5.91 Å². The summed E-state index contributed by atoms with van der Waals surface area (Å²) in [6, 6.07) is 0.681. The van der Waals surface area contributed by atoms with Crippen LogP contribution in [0.2, 0.25) is 0 Å². The van der Waals surface area contributed by atoms with Crippen molar-refractivity contribution in [3.63, 3.8) is 0 Å². The third-order valence-corrected chi connectivity index (χ3v) is 2.78. The Morgan fingerprint density at radius 1 is 1.38 bits per heavy atom. The summed E-state index contributed by atoms with van der Waals surface area (Å²) in [5.41, 5.74) is 0. The smallest absolute Gasteiger partial charge is 0.217 e. The van der Waals surface area contributed by atoms with Crippen LogP contribution in [-0.2, 0) is 4.79 Å². The molecule has 1 rings (SSSR count). The van der Waals surface area contributed by atoms with E-state index in [1.807, 2.05) is 0 Å². The molecule has 0 atom stereocenters. The van der Waals surface area contributed by atoms with Gasteiger partial charge in [0.1, 0.15) is 0 Å². The first kappa shape index (κ1) is 10.5. The number of nitrogens with one attached hydrogen (secondary N) is 1. The highest BCUT2D eigenvalue weighted by Gasteiger charge is 2.17. The van der Waals surface area contributed by atoms with Crippen LogP contribution >= 0.6 is 0 Å². The van der Waals surface area contributed by atoms with E-state index in [4.69, 9.17) is 0 Å². The first-order valence-electron chi connectivity index (χ1n) is 5.15. The van der Waals surface area contributed by atoms with E-state index in [0.717, 1.165) is 0 Å². The van der Waals surface area contributed by atoms with Crippen LogP contribution in [0.1, 0.15) is 39.0 Å². The molecular weight excluding hydrogens is 164 g/mol. The summed E-state index contributed by atoms with van der Waals surface area (Å²) in [5.74, 6) is 0.0580. The Bertz CT molecular complexity index is 164. The SMILES string of the molecule is CC(=O)NCN(C)C1CCCCC1. The number of rotatable bonds is 3. The van der Waals surface area contributed by atoms with Crippen molar-refractivity contribution in [2.24, 2.45) is 0 Å². The Hall–Kier alpha value is -0.570. The van der Waals surface area contributed by atoms with Crippen molar-refractivity contribution >= 4 is 5.91 Å². The van der Waals surface area contributed by atoms with E-state index in [-0.39, 0.29) is 5.91 Å². The molecule has 1 amide bonds. The van der Waals surface area contributed by atoms with E-state index in [1.165, 1.54) is 32.1 Å². The van der Waals surface area contributed by atoms with Crippen LogP contribution in [0.15, 0.2) is 0 Å². The fourth-order valence-corrected chi connectivity index (χ4v) is 1.89. The van der Waals surface area contributed by atoms with E-state index in [9.17, 15) is 4.79 Å². The first-order chi connectivity index (χ1) is 6.20. The van der Waals surface area contributed by atoms with Crippen molar-refractivity contribution in [2.45, 2.75) is 45.1 Å². The van der Waals surface area contributed by atoms with Crippen LogP contribution < -0.4 is 5.32 Å². The predicted octanol–water partition coefficient (Wildman–Crippen LogP) is 1.34. The molecule has 3 nitrogen and oxygen atoms in total. The molecule has 76 valence electrons. The maximum Gasteiger partial charge on any atom is 0.217 e. The lowest BCUT2D eigenvalue weighted by Crippen LogP contribution is -2.41. The predicted molar refractivity (Wildman–Crippen MR) is 53.3 cm³/mol. The minimum Gasteiger partial charge on any atom is -0.344 e. The third kappa shape index (κ3) is 3.77. The lowest BCUT2D eigenvalue weighted by molar-refractivity contribution is -0.119. The standard InChI is InChI=1S/C10H20N2O/c1-9(13)11-8-12(2)10-6-4-3-5-7-10/h10H,3-8H2,1-2H3,(H,11,13). The van der Waals surface area contributed by atoms with E-state index in [1.54, 1.807) is 6.92 Å². The van der Waals surface area contributed by atoms with E-state index in [0.29, 0.717) is 12.7 Å². The molecular formula is C10H20N2O. The summed E-state index contributed by atoms with van der Waals surface area (Å²) in [4.78, 5) is 12.9. The van der Waals surface area contributed by atoms with E-state index in [2.05, 4.69) is 17.3 Å². The summed E-state index contributed by atoms with van der Waals surface area (Å²) in [5, 5.41) is 2.83. The van der Waals surface area contributed by atoms with Gasteiger partial charge < -0.3 is 5.32 Å². The molecule has 0 aliphatic heterocycles. The molecule has 0 spiro atoms. The van der Waals surface area contributed by atoms with Crippen molar-refractivity contribution in [3.05, 3.63) is 0 Å². The monoisotopic (exact) mass is 184 g/mol. The second-order valence-corrected chi connectivity index (χ2v) is 3.94. The lowest BCUT2D eigenvalue weighted by Gasteiger charge is -2.30. The Morgan fingerprint density at radius 2 is 2.00 bits per heavy atom. The van der Waals surface area contributed by atoms with Crippen LogP contribution in [0.4, 0.5) is 0 Å². The van der Waals surface area contributed by atoms with Gasteiger partial charge in [-0.15, -0.1) is 0 Å². The highest BCUT2D eigenvalue weighted by Crippen LogP contribution is 2.20. The molecule has 0 aromatic rings. The third-order valence-electron chi connectivity index (χ3n) is 2.78. The van der Waals surface area contributed by atoms with Gasteiger partial charge in [-0.1, -0.05) is 19.3 Å². The zero-order valence-electron chi connectivity index (χ0n) is 8.68. The Morgan fingerprint density at radius 3 is 2.54 bits per heavy atom. The first-order valence-corrected chi connectivity index (χ1v) is 5.15. The molecule has 13 heavy (non-hydrogen) atoms. The van der Waals surface area contributed by atoms with Gasteiger partial charge in [-0.05, 0) is 19.9 Å². The number of amides is 1. The van der Waals surface area contributed by atoms with Gasteiger partial charge in [0.25, 0.3) is 0 Å². The quantitative estimate of drug-likeness (QED) is 0.671. The number of nitrogens with zero attached hydrogens (tertiary/aromatic N) is 1. The van der Waals surface area contributed by atoms with Gasteiger partial charge in [-0.25, -0.2) is 0 Å². The van der Waals surface area contributed by atoms with E-state index < -0.39 is 0 Å². The Balaban J connectivity index is 2.20. The highest BCUT2D eigenvalue weighted by molar-refractivity contribution is 5.72. The molecule has 1 aliphatic rings. The fraction of sp³-hybridized carbons (Fsp3) is 0.900. The molecule has 0 unspecified atom stereocenters. The van der Waals surface area contributed by atoms with Crippen LogP contribution in [0.3, 0.4) is 0 Å². The largest absolute Gasteiger partial charge is 0.344 e. The molecule has 1 aliphatic carbocycles. The summed E-state index contributed by atoms with van der Waals surface area (Å²) in [6.45, 7) is 2.26. The average Bonchev–Trinajstić information content (AvgIpc) is 2.15. The summed E-state index contributed by atoms with van der Waals surface area (Å²) in [6.07, 6.45) is 6.64. The van der Waals surface area contributed by atoms with Crippen LogP contribution in [0.5, 0.6) is 0 Å². The molecule has 1 saturated carbocycles. The van der Waals surface area contributed by atoms with Crippen molar-refractivity contribution in [1.29, 1.82) is 0 Å². The normalized spacial score (nSPS) is 19.0. The lowest BCUT2D eigenvalue weighted by atomic mass is 9.95. The highest BCUT2D eigenvalue weighted by atomic mass is 16.1. The zero-order valence-corrected chi connectivity index (χ0v) is 8.68. The Labute approximate surface area is 80.5 Å². The van der Waals surface area contributed by atoms with Gasteiger partial charge >= 0.3 is 0 Å². The molecule has 3 heteroatoms. The molecule has 0 aromatic heterocycles. The van der Waals surface area contributed by atoms with Crippen molar-refractivity contribution < 1.29 is 4.79 Å². The maximum absolute atomic E-state index is 10.7. The summed E-state index contributed by atoms with van der Waals surface area (Å²) in [7, 11) is 2.09. The second-order valence-electron chi connectivity index (χ2n) is 3.94. The fourth-order valence-electron chi connectivity index (χ4n) is 1.89. The minimum atomic E-state index is 0.0580. The van der Waals surface area contributed by atoms with Gasteiger partial charge in [-0.2, -0.15) is 0 Å². The summed E-state index contributed by atoms with van der Waals surface area (Å²) < 4.78 is 0. The number of carbonyl (C=O) groups excluding carboxylic acids is 1. The van der Waals surface area contributed by atoms with E-state index >= 15 is 0 Å². The molecule has 0 bridgehead atoms. The molecule has 0 heterocycles. The number of hydrogen-bond donors (Lipinski definition) is 1. The molecule has 0 saturated heterocycles. The zero-order chi connectivity index (χ0) is 9.68. The minimum absolute atomic E-state index is 0.0580. The average molecular weight is 184 g/mol. The number of hydrogen-bond acceptors (Lipinski definition) is 2. The number of carbonyl (C=O) groups is 1. The molecule has 0 aromatic carbocycles. The van der Waals surface area contributed by atoms with Gasteiger partial charge in [-0.3, -0.25) is 9.69 Å². The van der Waals surface area contributed by atoms with Gasteiger partial charge in [0.15, 0.2) is 0 Å². The van der Waals surface area contributed by atoms with Crippen LogP contribution in [-0.4, -0.2) is 30.6 Å². The van der Waals surface area contributed by atoms with Crippen LogP contribution in [0, 0.1) is 0 Å². The molecule has 1 N–H and O–H groups in total. The van der Waals surface area contributed by atoms with Gasteiger partial charge in [0, 0.05) is 13.0 Å². The summed E-state index contributed by atoms with van der Waals surface area (Å²) >= 11 is 0. The second kappa shape index (κ2) is 5.22. The maximum atomic E-state index is 10.7. The molecule has 0 radical (unpaired) electrons. The topological polar surface area (TPSA) is 32.3 Å². The molecule has 1 fully saturated rings. The van der Waals surface area contributed by atoms with Crippen molar-refractivity contribution in [2.75, 3.05) is 13.7 Å². The van der Waals surface area contributed by atoms with Crippen molar-refractivity contribution in [1.82, 2.24) is 10.2 Å². The Kier molecular flexibility index (Phi) is 4.22.